The number of thiophene rings is 1. The summed E-state index contributed by atoms with van der Waals surface area (Å²) in [4.78, 5) is 29.8. The number of hydrogen-bond donors (Lipinski definition) is 1. The summed E-state index contributed by atoms with van der Waals surface area (Å²) in [5.74, 6) is 1.26. The van der Waals surface area contributed by atoms with Gasteiger partial charge in [0.05, 0.1) is 19.1 Å². The van der Waals surface area contributed by atoms with Gasteiger partial charge in [0, 0.05) is 18.0 Å². The third-order valence-electron chi connectivity index (χ3n) is 5.76. The van der Waals surface area contributed by atoms with Crippen LogP contribution >= 0.6 is 11.3 Å². The molecule has 0 aromatic carbocycles. The maximum absolute atomic E-state index is 13.2. The van der Waals surface area contributed by atoms with Gasteiger partial charge < -0.3 is 15.0 Å². The molecule has 3 heterocycles. The minimum absolute atomic E-state index is 0.0753. The minimum atomic E-state index is -0.402. The molecule has 0 unspecified atom stereocenters. The normalized spacial score (nSPS) is 18.8. The second kappa shape index (κ2) is 8.43. The maximum Gasteiger partial charge on any atom is 0.321 e. The highest BCUT2D eigenvalue weighted by molar-refractivity contribution is 7.10. The molecule has 0 radical (unpaired) electrons. The van der Waals surface area contributed by atoms with Crippen LogP contribution in [0.4, 0.5) is 5.95 Å². The van der Waals surface area contributed by atoms with Gasteiger partial charge >= 0.3 is 6.01 Å². The molecule has 0 atom stereocenters. The van der Waals surface area contributed by atoms with Gasteiger partial charge in [-0.1, -0.05) is 18.9 Å². The Balaban J connectivity index is 1.50. The van der Waals surface area contributed by atoms with Gasteiger partial charge in [-0.3, -0.25) is 4.79 Å². The molecule has 2 fully saturated rings. The standard InChI is InChI=1S/C20H27N5O2S/c1-27-19-23-16(22-18(24-19)25-11-5-2-6-12-25)14-21-17(26)20(9-3-4-10-20)15-8-7-13-28-15/h7-8,13H,2-6,9-12,14H2,1H3,(H,21,26). The van der Waals surface area contributed by atoms with Crippen LogP contribution in [-0.4, -0.2) is 41.1 Å². The largest absolute Gasteiger partial charge is 0.467 e. The van der Waals surface area contributed by atoms with E-state index in [1.807, 2.05) is 11.4 Å². The Hall–Kier alpha value is -2.22. The van der Waals surface area contributed by atoms with E-state index in [-0.39, 0.29) is 12.5 Å². The number of piperidine rings is 1. The van der Waals surface area contributed by atoms with Crippen molar-refractivity contribution in [2.75, 3.05) is 25.1 Å². The number of carbonyl (C=O) groups is 1. The molecule has 1 saturated heterocycles. The summed E-state index contributed by atoms with van der Waals surface area (Å²) >= 11 is 1.67. The van der Waals surface area contributed by atoms with Crippen LogP contribution in [0.5, 0.6) is 6.01 Å². The monoisotopic (exact) mass is 401 g/mol. The molecule has 0 bridgehead atoms. The van der Waals surface area contributed by atoms with Crippen LogP contribution in [0, 0.1) is 0 Å². The lowest BCUT2D eigenvalue weighted by Gasteiger charge is -2.27. The van der Waals surface area contributed by atoms with Crippen molar-refractivity contribution in [3.05, 3.63) is 28.2 Å². The molecule has 2 aliphatic rings. The molecule has 0 spiro atoms. The molecule has 1 aliphatic heterocycles. The van der Waals surface area contributed by atoms with Gasteiger partial charge in [0.25, 0.3) is 0 Å². The van der Waals surface area contributed by atoms with Crippen molar-refractivity contribution in [2.24, 2.45) is 0 Å². The number of rotatable bonds is 6. The topological polar surface area (TPSA) is 80.2 Å². The molecule has 150 valence electrons. The SMILES string of the molecule is COc1nc(CNC(=O)C2(c3cccs3)CCCC2)nc(N2CCCCC2)n1. The van der Waals surface area contributed by atoms with Crippen LogP contribution in [0.3, 0.4) is 0 Å². The van der Waals surface area contributed by atoms with Crippen LogP contribution in [0.15, 0.2) is 17.5 Å². The molecule has 1 aliphatic carbocycles. The molecular formula is C20H27N5O2S. The van der Waals surface area contributed by atoms with Crippen LogP contribution in [0.1, 0.15) is 55.6 Å². The smallest absolute Gasteiger partial charge is 0.321 e. The number of anilines is 1. The number of nitrogens with zero attached hydrogens (tertiary/aromatic N) is 4. The van der Waals surface area contributed by atoms with Crippen LogP contribution < -0.4 is 15.0 Å². The molecule has 2 aromatic rings. The predicted octanol–water partition coefficient (Wildman–Crippen LogP) is 3.06. The number of hydrogen-bond acceptors (Lipinski definition) is 7. The Bertz CT molecular complexity index is 799. The lowest BCUT2D eigenvalue weighted by molar-refractivity contribution is -0.126. The van der Waals surface area contributed by atoms with Gasteiger partial charge in [-0.05, 0) is 43.6 Å². The molecule has 28 heavy (non-hydrogen) atoms. The van der Waals surface area contributed by atoms with Crippen molar-refractivity contribution in [2.45, 2.75) is 56.9 Å². The van der Waals surface area contributed by atoms with E-state index in [9.17, 15) is 4.79 Å². The number of amides is 1. The maximum atomic E-state index is 13.2. The summed E-state index contributed by atoms with van der Waals surface area (Å²) < 4.78 is 5.27. The summed E-state index contributed by atoms with van der Waals surface area (Å²) in [5, 5.41) is 5.14. The average Bonchev–Trinajstić information content (AvgIpc) is 3.45. The zero-order valence-electron chi connectivity index (χ0n) is 16.3. The molecule has 1 N–H and O–H groups in total. The van der Waals surface area contributed by atoms with Crippen molar-refractivity contribution in [1.29, 1.82) is 0 Å². The highest BCUT2D eigenvalue weighted by Crippen LogP contribution is 2.43. The fourth-order valence-electron chi connectivity index (χ4n) is 4.24. The zero-order valence-corrected chi connectivity index (χ0v) is 17.1. The Morgan fingerprint density at radius 2 is 1.96 bits per heavy atom. The second-order valence-corrected chi connectivity index (χ2v) is 8.48. The Morgan fingerprint density at radius 3 is 2.64 bits per heavy atom. The van der Waals surface area contributed by atoms with Crippen LogP contribution in [0.2, 0.25) is 0 Å². The first-order chi connectivity index (χ1) is 13.7. The van der Waals surface area contributed by atoms with Crippen LogP contribution in [-0.2, 0) is 16.8 Å². The quantitative estimate of drug-likeness (QED) is 0.801. The Labute approximate surface area is 169 Å². The van der Waals surface area contributed by atoms with Crippen molar-refractivity contribution in [1.82, 2.24) is 20.3 Å². The van der Waals surface area contributed by atoms with E-state index in [0.717, 1.165) is 56.5 Å². The highest BCUT2D eigenvalue weighted by atomic mass is 32.1. The summed E-state index contributed by atoms with van der Waals surface area (Å²) in [6.45, 7) is 2.17. The number of carbonyl (C=O) groups excluding carboxylic acids is 1. The van der Waals surface area contributed by atoms with Crippen LogP contribution in [0.25, 0.3) is 0 Å². The van der Waals surface area contributed by atoms with Gasteiger partial charge in [0.1, 0.15) is 0 Å². The number of nitrogens with one attached hydrogen (secondary N) is 1. The van der Waals surface area contributed by atoms with Crippen molar-refractivity contribution >= 4 is 23.2 Å². The molecule has 2 aromatic heterocycles. The molecule has 1 amide bonds. The number of aromatic nitrogens is 3. The second-order valence-electron chi connectivity index (χ2n) is 7.54. The van der Waals surface area contributed by atoms with E-state index >= 15 is 0 Å². The van der Waals surface area contributed by atoms with Crippen molar-refractivity contribution in [3.63, 3.8) is 0 Å². The first kappa shape index (κ1) is 19.1. The zero-order chi connectivity index (χ0) is 19.4. The molecular weight excluding hydrogens is 374 g/mol. The minimum Gasteiger partial charge on any atom is -0.467 e. The number of methoxy groups -OCH3 is 1. The molecule has 1 saturated carbocycles. The van der Waals surface area contributed by atoms with Crippen molar-refractivity contribution < 1.29 is 9.53 Å². The Morgan fingerprint density at radius 1 is 1.18 bits per heavy atom. The summed E-state index contributed by atoms with van der Waals surface area (Å²) in [5.41, 5.74) is -0.402. The highest BCUT2D eigenvalue weighted by Gasteiger charge is 2.43. The summed E-state index contributed by atoms with van der Waals surface area (Å²) in [6, 6.07) is 4.40. The fourth-order valence-corrected chi connectivity index (χ4v) is 5.22. The predicted molar refractivity (Wildman–Crippen MR) is 109 cm³/mol. The molecule has 7 nitrogen and oxygen atoms in total. The molecule has 4 rings (SSSR count). The first-order valence-electron chi connectivity index (χ1n) is 10.1. The van der Waals surface area contributed by atoms with E-state index in [1.165, 1.54) is 6.42 Å². The van der Waals surface area contributed by atoms with E-state index < -0.39 is 5.41 Å². The first-order valence-corrected chi connectivity index (χ1v) is 11.0. The molecule has 8 heteroatoms. The average molecular weight is 402 g/mol. The fraction of sp³-hybridized carbons (Fsp3) is 0.600. The van der Waals surface area contributed by atoms with E-state index in [4.69, 9.17) is 4.74 Å². The lowest BCUT2D eigenvalue weighted by Crippen LogP contribution is -2.42. The van der Waals surface area contributed by atoms with Gasteiger partial charge in [-0.15, -0.1) is 11.3 Å². The van der Waals surface area contributed by atoms with E-state index in [1.54, 1.807) is 18.4 Å². The third kappa shape index (κ3) is 3.83. The van der Waals surface area contributed by atoms with Crippen molar-refractivity contribution in [3.8, 4) is 6.01 Å². The van der Waals surface area contributed by atoms with Gasteiger partial charge in [-0.25, -0.2) is 0 Å². The third-order valence-corrected chi connectivity index (χ3v) is 6.84. The number of ether oxygens (including phenoxy) is 1. The van der Waals surface area contributed by atoms with Gasteiger partial charge in [0.15, 0.2) is 5.82 Å². The lowest BCUT2D eigenvalue weighted by atomic mass is 9.83. The summed E-state index contributed by atoms with van der Waals surface area (Å²) in [6.07, 6.45) is 7.51. The van der Waals surface area contributed by atoms with Gasteiger partial charge in [-0.2, -0.15) is 15.0 Å². The van der Waals surface area contributed by atoms with Gasteiger partial charge in [0.2, 0.25) is 11.9 Å². The van der Waals surface area contributed by atoms with E-state index in [0.29, 0.717) is 17.8 Å². The Kier molecular flexibility index (Phi) is 5.75. The van der Waals surface area contributed by atoms with E-state index in [2.05, 4.69) is 31.2 Å². The summed E-state index contributed by atoms with van der Waals surface area (Å²) in [7, 11) is 1.56.